The molecule has 0 aliphatic carbocycles. The van der Waals surface area contributed by atoms with E-state index >= 15 is 0 Å². The van der Waals surface area contributed by atoms with Crippen LogP contribution in [0.25, 0.3) is 0 Å². The summed E-state index contributed by atoms with van der Waals surface area (Å²) in [6.07, 6.45) is 1.66. The number of para-hydroxylation sites is 1. The topological polar surface area (TPSA) is 18.3 Å². The molecule has 3 fully saturated rings. The highest BCUT2D eigenvalue weighted by molar-refractivity contribution is 5.66. The molecule has 5 unspecified atom stereocenters. The molecule has 4 aliphatic rings. The zero-order valence-corrected chi connectivity index (χ0v) is 16.4. The van der Waals surface area contributed by atoms with Crippen LogP contribution >= 0.6 is 0 Å². The lowest BCUT2D eigenvalue weighted by Crippen LogP contribution is -2.48. The summed E-state index contributed by atoms with van der Waals surface area (Å²) < 4.78 is 0. The van der Waals surface area contributed by atoms with Gasteiger partial charge < -0.3 is 5.32 Å². The molecule has 0 saturated carbocycles. The van der Waals surface area contributed by atoms with E-state index in [0.717, 1.165) is 6.54 Å². The molecule has 0 bridgehead atoms. The molecule has 4 heterocycles. The van der Waals surface area contributed by atoms with Crippen molar-refractivity contribution in [2.75, 3.05) is 11.9 Å². The average molecular weight is 380 g/mol. The molecule has 1 N–H and O–H groups in total. The number of hydrogen-bond donors (Lipinski definition) is 1. The molecule has 0 amide bonds. The standard InChI is InChI=1S/C26H25N3/c1-3-9-18(10-4-1)17-28-16-15-26-20-13-7-8-14-21(20)27-25(26)29-22(23(29)24(26)28)19-11-5-2-6-12-19/h1-14,22-25,27H,15-17H2/t22?,23-,24?,25?,26?,29?/m1/s1. The lowest BCUT2D eigenvalue weighted by molar-refractivity contribution is 0.206. The van der Waals surface area contributed by atoms with E-state index in [1.807, 2.05) is 0 Å². The second-order valence-corrected chi connectivity index (χ2v) is 9.08. The zero-order chi connectivity index (χ0) is 19.0. The van der Waals surface area contributed by atoms with E-state index in [4.69, 9.17) is 0 Å². The van der Waals surface area contributed by atoms with E-state index in [1.54, 1.807) is 5.56 Å². The van der Waals surface area contributed by atoms with Gasteiger partial charge in [0.25, 0.3) is 0 Å². The van der Waals surface area contributed by atoms with Gasteiger partial charge in [0.1, 0.15) is 0 Å². The maximum absolute atomic E-state index is 3.93. The molecule has 3 aromatic rings. The molecular formula is C26H25N3. The van der Waals surface area contributed by atoms with Gasteiger partial charge in [-0.2, -0.15) is 0 Å². The number of anilines is 1. The number of rotatable bonds is 3. The van der Waals surface area contributed by atoms with E-state index in [2.05, 4.69) is 100 Å². The van der Waals surface area contributed by atoms with Crippen LogP contribution in [0, 0.1) is 0 Å². The number of fused-ring (bicyclic) bond motifs is 4. The number of benzene rings is 3. The van der Waals surface area contributed by atoms with Crippen LogP contribution in [0.3, 0.4) is 0 Å². The van der Waals surface area contributed by atoms with Crippen LogP contribution in [-0.2, 0) is 12.0 Å². The van der Waals surface area contributed by atoms with E-state index < -0.39 is 0 Å². The first-order chi connectivity index (χ1) is 14.4. The lowest BCUT2D eigenvalue weighted by atomic mass is 9.73. The smallest absolute Gasteiger partial charge is 0.0918 e. The van der Waals surface area contributed by atoms with Crippen molar-refractivity contribution in [3.05, 3.63) is 102 Å². The Morgan fingerprint density at radius 1 is 0.862 bits per heavy atom. The Balaban J connectivity index is 1.32. The molecule has 144 valence electrons. The number of likely N-dealkylation sites (tertiary alicyclic amines) is 1. The van der Waals surface area contributed by atoms with Crippen molar-refractivity contribution >= 4 is 5.69 Å². The number of piperidine rings is 1. The minimum absolute atomic E-state index is 0.224. The third-order valence-corrected chi connectivity index (χ3v) is 7.83. The van der Waals surface area contributed by atoms with Crippen molar-refractivity contribution in [2.24, 2.45) is 0 Å². The van der Waals surface area contributed by atoms with Crippen LogP contribution in [-0.4, -0.2) is 34.6 Å². The first-order valence-corrected chi connectivity index (χ1v) is 10.8. The van der Waals surface area contributed by atoms with Crippen molar-refractivity contribution in [3.63, 3.8) is 0 Å². The van der Waals surface area contributed by atoms with Gasteiger partial charge in [0.15, 0.2) is 0 Å². The van der Waals surface area contributed by atoms with E-state index in [1.165, 1.54) is 29.8 Å². The molecule has 3 nitrogen and oxygen atoms in total. The summed E-state index contributed by atoms with van der Waals surface area (Å²) >= 11 is 0. The van der Waals surface area contributed by atoms with Gasteiger partial charge in [-0.1, -0.05) is 78.9 Å². The number of hydrogen-bond acceptors (Lipinski definition) is 3. The SMILES string of the molecule is c1ccc(CN2CCC34c5ccccc5NC3N3C(c5ccccc5)[C@@H]3C24)cc1. The first kappa shape index (κ1) is 16.2. The highest BCUT2D eigenvalue weighted by Crippen LogP contribution is 2.67. The number of nitrogens with zero attached hydrogens (tertiary/aromatic N) is 2. The van der Waals surface area contributed by atoms with Crippen molar-refractivity contribution in [2.45, 2.75) is 42.7 Å². The molecule has 3 heteroatoms. The summed E-state index contributed by atoms with van der Waals surface area (Å²) in [7, 11) is 0. The van der Waals surface area contributed by atoms with Crippen LogP contribution < -0.4 is 5.32 Å². The van der Waals surface area contributed by atoms with Crippen molar-refractivity contribution < 1.29 is 0 Å². The summed E-state index contributed by atoms with van der Waals surface area (Å²) in [5, 5.41) is 3.93. The van der Waals surface area contributed by atoms with Gasteiger partial charge >= 0.3 is 0 Å². The van der Waals surface area contributed by atoms with Crippen molar-refractivity contribution in [3.8, 4) is 0 Å². The van der Waals surface area contributed by atoms with E-state index in [0.29, 0.717) is 24.3 Å². The third-order valence-electron chi connectivity index (χ3n) is 7.83. The molecule has 4 aliphatic heterocycles. The summed E-state index contributed by atoms with van der Waals surface area (Å²) in [6.45, 7) is 2.23. The minimum Gasteiger partial charge on any atom is -0.368 e. The van der Waals surface area contributed by atoms with Gasteiger partial charge in [-0.05, 0) is 35.7 Å². The first-order valence-electron chi connectivity index (χ1n) is 10.8. The molecule has 3 saturated heterocycles. The monoisotopic (exact) mass is 379 g/mol. The highest BCUT2D eigenvalue weighted by Gasteiger charge is 2.76. The maximum atomic E-state index is 3.93. The molecule has 3 aromatic carbocycles. The Labute approximate surface area is 172 Å². The van der Waals surface area contributed by atoms with Crippen molar-refractivity contribution in [1.82, 2.24) is 9.80 Å². The Bertz CT molecular complexity index is 1070. The van der Waals surface area contributed by atoms with Gasteiger partial charge in [-0.3, -0.25) is 9.80 Å². The largest absolute Gasteiger partial charge is 0.368 e. The predicted molar refractivity (Wildman–Crippen MR) is 116 cm³/mol. The molecule has 0 aromatic heterocycles. The quantitative estimate of drug-likeness (QED) is 0.681. The third kappa shape index (κ3) is 2.04. The lowest BCUT2D eigenvalue weighted by Gasteiger charge is -2.36. The van der Waals surface area contributed by atoms with Crippen molar-refractivity contribution in [1.29, 1.82) is 0 Å². The molecular weight excluding hydrogens is 354 g/mol. The van der Waals surface area contributed by atoms with E-state index in [-0.39, 0.29) is 5.41 Å². The molecule has 1 spiro atoms. The van der Waals surface area contributed by atoms with Gasteiger partial charge in [0.2, 0.25) is 0 Å². The van der Waals surface area contributed by atoms with Crippen LogP contribution in [0.15, 0.2) is 84.9 Å². The fourth-order valence-electron chi connectivity index (χ4n) is 6.78. The maximum Gasteiger partial charge on any atom is 0.0918 e. The summed E-state index contributed by atoms with van der Waals surface area (Å²) in [5.41, 5.74) is 6.01. The summed E-state index contributed by atoms with van der Waals surface area (Å²) in [6, 6.07) is 32.9. The predicted octanol–water partition coefficient (Wildman–Crippen LogP) is 4.39. The minimum atomic E-state index is 0.224. The summed E-state index contributed by atoms with van der Waals surface area (Å²) in [4.78, 5) is 5.54. The fourth-order valence-corrected chi connectivity index (χ4v) is 6.78. The second-order valence-electron chi connectivity index (χ2n) is 9.08. The van der Waals surface area contributed by atoms with Gasteiger partial charge in [-0.15, -0.1) is 0 Å². The highest BCUT2D eigenvalue weighted by atomic mass is 15.5. The van der Waals surface area contributed by atoms with Crippen LogP contribution in [0.2, 0.25) is 0 Å². The van der Waals surface area contributed by atoms with Gasteiger partial charge in [0, 0.05) is 29.7 Å². The zero-order valence-electron chi connectivity index (χ0n) is 16.4. The van der Waals surface area contributed by atoms with E-state index in [9.17, 15) is 0 Å². The van der Waals surface area contributed by atoms with Crippen LogP contribution in [0.1, 0.15) is 29.2 Å². The fraction of sp³-hybridized carbons (Fsp3) is 0.308. The molecule has 0 radical (unpaired) electrons. The Morgan fingerprint density at radius 3 is 2.41 bits per heavy atom. The van der Waals surface area contributed by atoms with Crippen LogP contribution in [0.4, 0.5) is 5.69 Å². The van der Waals surface area contributed by atoms with Crippen LogP contribution in [0.5, 0.6) is 0 Å². The number of nitrogens with one attached hydrogen (secondary N) is 1. The molecule has 6 atom stereocenters. The Morgan fingerprint density at radius 2 is 1.59 bits per heavy atom. The average Bonchev–Trinajstić information content (AvgIpc) is 3.08. The molecule has 29 heavy (non-hydrogen) atoms. The summed E-state index contributed by atoms with van der Waals surface area (Å²) in [5.74, 6) is 0. The second kappa shape index (κ2) is 5.71. The van der Waals surface area contributed by atoms with Gasteiger partial charge in [0.05, 0.1) is 12.2 Å². The van der Waals surface area contributed by atoms with Gasteiger partial charge in [-0.25, -0.2) is 0 Å². The Hall–Kier alpha value is -2.62. The molecule has 7 rings (SSSR count). The Kier molecular flexibility index (Phi) is 3.19. The normalized spacial score (nSPS) is 36.1.